The number of hydrogen-bond donors (Lipinski definition) is 2. The monoisotopic (exact) mass is 352 g/mol. The van der Waals surface area contributed by atoms with E-state index in [9.17, 15) is 13.9 Å². The van der Waals surface area contributed by atoms with Crippen molar-refractivity contribution in [3.05, 3.63) is 23.8 Å². The summed E-state index contributed by atoms with van der Waals surface area (Å²) >= 11 is 0. The number of aliphatic hydroxyl groups excluding tert-OH is 1. The topological polar surface area (TPSA) is 54.0 Å². The molecule has 1 fully saturated rings. The average Bonchev–Trinajstić information content (AvgIpc) is 2.56. The fourth-order valence-electron chi connectivity index (χ4n) is 2.84. The molecule has 1 aliphatic rings. The molecule has 1 heterocycles. The van der Waals surface area contributed by atoms with Crippen molar-refractivity contribution in [2.24, 2.45) is 0 Å². The number of rotatable bonds is 6. The summed E-state index contributed by atoms with van der Waals surface area (Å²) in [5.41, 5.74) is 0.272. The molecule has 0 aromatic heterocycles. The van der Waals surface area contributed by atoms with Gasteiger partial charge in [-0.15, -0.1) is 12.4 Å². The lowest BCUT2D eigenvalue weighted by molar-refractivity contribution is -0.119. The highest BCUT2D eigenvalue weighted by atomic mass is 35.5. The Kier molecular flexibility index (Phi) is 7.47. The molecule has 2 rings (SSSR count). The molecule has 132 valence electrons. The molecule has 5 nitrogen and oxygen atoms in total. The predicted molar refractivity (Wildman–Crippen MR) is 86.0 cm³/mol. The number of hydrogen-bond acceptors (Lipinski definition) is 5. The smallest absolute Gasteiger partial charge is 0.290 e. The Morgan fingerprint density at radius 3 is 2.17 bits per heavy atom. The Labute approximate surface area is 141 Å². The van der Waals surface area contributed by atoms with E-state index < -0.39 is 18.6 Å². The fraction of sp³-hybridized carbons (Fsp3) is 0.600. The lowest BCUT2D eigenvalue weighted by atomic mass is 9.96. The second kappa shape index (κ2) is 8.63. The van der Waals surface area contributed by atoms with Gasteiger partial charge in [0.1, 0.15) is 24.1 Å². The van der Waals surface area contributed by atoms with Gasteiger partial charge in [0.15, 0.2) is 0 Å². The van der Waals surface area contributed by atoms with Gasteiger partial charge in [-0.1, -0.05) is 6.07 Å². The number of aliphatic hydroxyl groups is 1. The van der Waals surface area contributed by atoms with Crippen LogP contribution in [0.2, 0.25) is 0 Å². The molecule has 0 spiro atoms. The highest BCUT2D eigenvalue weighted by Crippen LogP contribution is 2.44. The maximum atomic E-state index is 14.5. The van der Waals surface area contributed by atoms with Gasteiger partial charge in [-0.05, 0) is 12.1 Å². The molecular formula is C15H23ClF2N2O3. The first-order chi connectivity index (χ1) is 10.5. The van der Waals surface area contributed by atoms with Gasteiger partial charge in [-0.3, -0.25) is 4.90 Å². The number of alkyl halides is 2. The number of nitrogens with one attached hydrogen (secondary N) is 1. The molecule has 1 saturated heterocycles. The Morgan fingerprint density at radius 1 is 1.22 bits per heavy atom. The first-order valence-corrected chi connectivity index (χ1v) is 7.19. The maximum Gasteiger partial charge on any atom is 0.290 e. The summed E-state index contributed by atoms with van der Waals surface area (Å²) in [6.07, 6.45) is 0. The highest BCUT2D eigenvalue weighted by molar-refractivity contribution is 5.85. The fourth-order valence-corrected chi connectivity index (χ4v) is 2.84. The van der Waals surface area contributed by atoms with Crippen LogP contribution in [0.15, 0.2) is 18.2 Å². The van der Waals surface area contributed by atoms with Crippen molar-refractivity contribution < 1.29 is 23.4 Å². The molecule has 0 amide bonds. The molecule has 1 aromatic carbocycles. The van der Waals surface area contributed by atoms with Crippen molar-refractivity contribution >= 4 is 12.4 Å². The zero-order valence-electron chi connectivity index (χ0n) is 13.2. The minimum absolute atomic E-state index is 0. The molecule has 23 heavy (non-hydrogen) atoms. The molecule has 0 saturated carbocycles. The van der Waals surface area contributed by atoms with Gasteiger partial charge < -0.3 is 19.9 Å². The highest BCUT2D eigenvalue weighted by Gasteiger charge is 2.46. The number of methoxy groups -OCH3 is 2. The van der Waals surface area contributed by atoms with Gasteiger partial charge in [-0.25, -0.2) is 8.78 Å². The number of ether oxygens (including phenoxy) is 2. The summed E-state index contributed by atoms with van der Waals surface area (Å²) in [5.74, 6) is -2.65. The zero-order valence-corrected chi connectivity index (χ0v) is 14.0. The van der Waals surface area contributed by atoms with Gasteiger partial charge in [0.05, 0.1) is 19.8 Å². The molecule has 1 atom stereocenters. The van der Waals surface area contributed by atoms with E-state index in [1.165, 1.54) is 14.2 Å². The molecule has 1 aromatic rings. The van der Waals surface area contributed by atoms with Crippen LogP contribution >= 0.6 is 12.4 Å². The summed E-state index contributed by atoms with van der Waals surface area (Å²) in [5, 5.41) is 12.3. The third-order valence-electron chi connectivity index (χ3n) is 3.87. The van der Waals surface area contributed by atoms with Gasteiger partial charge in [0.2, 0.25) is 0 Å². The van der Waals surface area contributed by atoms with E-state index in [0.717, 1.165) is 0 Å². The lowest BCUT2D eigenvalue weighted by Crippen LogP contribution is -2.51. The van der Waals surface area contributed by atoms with E-state index in [2.05, 4.69) is 5.32 Å². The number of piperazine rings is 1. The van der Waals surface area contributed by atoms with Crippen molar-refractivity contribution in [2.75, 3.05) is 47.0 Å². The van der Waals surface area contributed by atoms with E-state index in [0.29, 0.717) is 37.7 Å². The number of halogens is 3. The van der Waals surface area contributed by atoms with Crippen LogP contribution in [0.1, 0.15) is 11.6 Å². The first kappa shape index (κ1) is 19.9. The number of benzene rings is 1. The van der Waals surface area contributed by atoms with Crippen molar-refractivity contribution in [1.82, 2.24) is 10.2 Å². The minimum Gasteiger partial charge on any atom is -0.496 e. The lowest BCUT2D eigenvalue weighted by Gasteiger charge is -2.39. The van der Waals surface area contributed by atoms with Crippen LogP contribution in [0.5, 0.6) is 11.5 Å². The van der Waals surface area contributed by atoms with E-state index in [1.807, 2.05) is 0 Å². The summed E-state index contributed by atoms with van der Waals surface area (Å²) in [6, 6.07) is 3.64. The zero-order chi connectivity index (χ0) is 16.2. The third kappa shape index (κ3) is 4.23. The van der Waals surface area contributed by atoms with Crippen LogP contribution in [0.3, 0.4) is 0 Å². The average molecular weight is 353 g/mol. The van der Waals surface area contributed by atoms with Crippen LogP contribution in [0.4, 0.5) is 8.78 Å². The Balaban J connectivity index is 0.00000264. The summed E-state index contributed by atoms with van der Waals surface area (Å²) in [7, 11) is 2.87. The van der Waals surface area contributed by atoms with Gasteiger partial charge in [-0.2, -0.15) is 0 Å². The third-order valence-corrected chi connectivity index (χ3v) is 3.87. The van der Waals surface area contributed by atoms with Crippen LogP contribution in [-0.2, 0) is 0 Å². The second-order valence-corrected chi connectivity index (χ2v) is 5.18. The molecule has 2 N–H and O–H groups in total. The van der Waals surface area contributed by atoms with E-state index in [1.54, 1.807) is 23.1 Å². The molecule has 8 heteroatoms. The summed E-state index contributed by atoms with van der Waals surface area (Å²) in [4.78, 5) is 1.66. The van der Waals surface area contributed by atoms with Crippen molar-refractivity contribution in [3.63, 3.8) is 0 Å². The van der Waals surface area contributed by atoms with Crippen LogP contribution in [0, 0.1) is 0 Å². The molecule has 1 aliphatic heterocycles. The number of nitrogens with zero attached hydrogens (tertiary/aromatic N) is 1. The molecule has 0 unspecified atom stereocenters. The predicted octanol–water partition coefficient (Wildman–Crippen LogP) is 1.70. The van der Waals surface area contributed by atoms with Crippen LogP contribution < -0.4 is 14.8 Å². The van der Waals surface area contributed by atoms with Gasteiger partial charge in [0.25, 0.3) is 5.92 Å². The van der Waals surface area contributed by atoms with E-state index in [-0.39, 0.29) is 18.0 Å². The second-order valence-electron chi connectivity index (χ2n) is 5.18. The van der Waals surface area contributed by atoms with Crippen molar-refractivity contribution in [3.8, 4) is 11.5 Å². The molecule has 0 radical (unpaired) electrons. The van der Waals surface area contributed by atoms with Crippen molar-refractivity contribution in [1.29, 1.82) is 0 Å². The van der Waals surface area contributed by atoms with E-state index >= 15 is 0 Å². The molecule has 0 aliphatic carbocycles. The van der Waals surface area contributed by atoms with Crippen LogP contribution in [-0.4, -0.2) is 62.9 Å². The Hall–Kier alpha value is -1.15. The SMILES string of the molecule is COc1cccc(OC)c1[C@H](N1CCNCC1)C(F)(F)CO.Cl. The summed E-state index contributed by atoms with van der Waals surface area (Å²) in [6.45, 7) is 0.927. The Bertz CT molecular complexity index is 477. The largest absolute Gasteiger partial charge is 0.496 e. The summed E-state index contributed by atoms with van der Waals surface area (Å²) < 4.78 is 39.5. The van der Waals surface area contributed by atoms with E-state index in [4.69, 9.17) is 9.47 Å². The van der Waals surface area contributed by atoms with Gasteiger partial charge in [0, 0.05) is 26.2 Å². The van der Waals surface area contributed by atoms with Crippen LogP contribution in [0.25, 0.3) is 0 Å². The Morgan fingerprint density at radius 2 is 1.74 bits per heavy atom. The minimum atomic E-state index is -3.31. The maximum absolute atomic E-state index is 14.5. The molecular weight excluding hydrogens is 330 g/mol. The standard InChI is InChI=1S/C15H22F2N2O3.ClH/c1-21-11-4-3-5-12(22-2)13(11)14(15(16,17)10-20)19-8-6-18-7-9-19;/h3-5,14,18,20H,6-10H2,1-2H3;1H/t14-;/m0./s1. The normalized spacial score (nSPS) is 17.3. The van der Waals surface area contributed by atoms with Crippen molar-refractivity contribution in [2.45, 2.75) is 12.0 Å². The van der Waals surface area contributed by atoms with Gasteiger partial charge >= 0.3 is 0 Å². The quantitative estimate of drug-likeness (QED) is 0.816. The molecule has 0 bridgehead atoms. The first-order valence-electron chi connectivity index (χ1n) is 7.19.